The van der Waals surface area contributed by atoms with Crippen molar-refractivity contribution in [3.8, 4) is 0 Å². The van der Waals surface area contributed by atoms with Gasteiger partial charge in [0.2, 0.25) is 0 Å². The summed E-state index contributed by atoms with van der Waals surface area (Å²) in [5, 5.41) is 3.49. The standard InChI is InChI=1S/C13H26N2O2S/c1-2-6-14-10-12-3-7-15(11-12)13-4-8-18(16,17)9-5-13/h12-14H,2-11H2,1H3. The Kier molecular flexibility index (Phi) is 5.04. The average Bonchev–Trinajstić information content (AvgIpc) is 2.78. The molecule has 106 valence electrons. The van der Waals surface area contributed by atoms with Gasteiger partial charge in [-0.05, 0) is 51.2 Å². The van der Waals surface area contributed by atoms with E-state index in [1.807, 2.05) is 0 Å². The molecule has 0 bridgehead atoms. The molecule has 0 aromatic rings. The topological polar surface area (TPSA) is 49.4 Å². The van der Waals surface area contributed by atoms with Crippen LogP contribution in [-0.4, -0.2) is 57.0 Å². The van der Waals surface area contributed by atoms with Gasteiger partial charge >= 0.3 is 0 Å². The minimum Gasteiger partial charge on any atom is -0.316 e. The second-order valence-electron chi connectivity index (χ2n) is 5.74. The fourth-order valence-electron chi connectivity index (χ4n) is 3.09. The fourth-order valence-corrected chi connectivity index (χ4v) is 4.55. The van der Waals surface area contributed by atoms with Crippen molar-refractivity contribution in [2.75, 3.05) is 37.7 Å². The van der Waals surface area contributed by atoms with Crippen molar-refractivity contribution in [1.82, 2.24) is 10.2 Å². The number of hydrogen-bond acceptors (Lipinski definition) is 4. The Morgan fingerprint density at radius 1 is 1.22 bits per heavy atom. The predicted octanol–water partition coefficient (Wildman–Crippen LogP) is 0.885. The highest BCUT2D eigenvalue weighted by atomic mass is 32.2. The molecule has 0 spiro atoms. The monoisotopic (exact) mass is 274 g/mol. The fraction of sp³-hybridized carbons (Fsp3) is 1.00. The molecular formula is C13H26N2O2S. The van der Waals surface area contributed by atoms with Gasteiger partial charge in [-0.2, -0.15) is 0 Å². The van der Waals surface area contributed by atoms with E-state index in [1.165, 1.54) is 12.8 Å². The van der Waals surface area contributed by atoms with Crippen molar-refractivity contribution < 1.29 is 8.42 Å². The maximum Gasteiger partial charge on any atom is 0.150 e. The first kappa shape index (κ1) is 14.3. The van der Waals surface area contributed by atoms with Crippen LogP contribution in [0.15, 0.2) is 0 Å². The highest BCUT2D eigenvalue weighted by Gasteiger charge is 2.32. The van der Waals surface area contributed by atoms with E-state index in [2.05, 4.69) is 17.1 Å². The summed E-state index contributed by atoms with van der Waals surface area (Å²) in [6.45, 7) is 6.73. The maximum atomic E-state index is 11.4. The predicted molar refractivity (Wildman–Crippen MR) is 74.5 cm³/mol. The third-order valence-corrected chi connectivity index (χ3v) is 5.93. The van der Waals surface area contributed by atoms with E-state index in [0.29, 0.717) is 17.5 Å². The van der Waals surface area contributed by atoms with Crippen molar-refractivity contribution in [3.63, 3.8) is 0 Å². The Labute approximate surface area is 111 Å². The van der Waals surface area contributed by atoms with Crippen LogP contribution < -0.4 is 5.32 Å². The van der Waals surface area contributed by atoms with Crippen LogP contribution in [0.1, 0.15) is 32.6 Å². The number of rotatable bonds is 5. The minimum atomic E-state index is -2.72. The number of nitrogens with one attached hydrogen (secondary N) is 1. The molecular weight excluding hydrogens is 248 g/mol. The van der Waals surface area contributed by atoms with Gasteiger partial charge in [0.1, 0.15) is 9.84 Å². The molecule has 2 saturated heterocycles. The van der Waals surface area contributed by atoms with Crippen LogP contribution in [0, 0.1) is 5.92 Å². The van der Waals surface area contributed by atoms with Crippen LogP contribution in [0.2, 0.25) is 0 Å². The SMILES string of the molecule is CCCNCC1CCN(C2CCS(=O)(=O)CC2)C1. The third-order valence-electron chi connectivity index (χ3n) is 4.22. The van der Waals surface area contributed by atoms with Crippen molar-refractivity contribution in [3.05, 3.63) is 0 Å². The zero-order valence-corrected chi connectivity index (χ0v) is 12.2. The summed E-state index contributed by atoms with van der Waals surface area (Å²) < 4.78 is 22.8. The van der Waals surface area contributed by atoms with Crippen LogP contribution in [0.25, 0.3) is 0 Å². The highest BCUT2D eigenvalue weighted by Crippen LogP contribution is 2.24. The summed E-state index contributed by atoms with van der Waals surface area (Å²) in [5.41, 5.74) is 0. The van der Waals surface area contributed by atoms with Gasteiger partial charge < -0.3 is 5.32 Å². The molecule has 0 aliphatic carbocycles. The zero-order chi connectivity index (χ0) is 13.0. The summed E-state index contributed by atoms with van der Waals surface area (Å²) in [6, 6.07) is 0.518. The van der Waals surface area contributed by atoms with Crippen molar-refractivity contribution in [1.29, 1.82) is 0 Å². The average molecular weight is 274 g/mol. The summed E-state index contributed by atoms with van der Waals surface area (Å²) >= 11 is 0. The Hall–Kier alpha value is -0.130. The molecule has 1 atom stereocenters. The molecule has 2 rings (SSSR count). The lowest BCUT2D eigenvalue weighted by Gasteiger charge is -2.31. The van der Waals surface area contributed by atoms with Gasteiger partial charge in [-0.15, -0.1) is 0 Å². The van der Waals surface area contributed by atoms with E-state index in [1.54, 1.807) is 0 Å². The van der Waals surface area contributed by atoms with E-state index >= 15 is 0 Å². The van der Waals surface area contributed by atoms with Crippen LogP contribution in [0.5, 0.6) is 0 Å². The lowest BCUT2D eigenvalue weighted by Crippen LogP contribution is -2.40. The van der Waals surface area contributed by atoms with Crippen LogP contribution in [-0.2, 0) is 9.84 Å². The molecule has 1 N–H and O–H groups in total. The second-order valence-corrected chi connectivity index (χ2v) is 8.04. The Bertz CT molecular complexity index is 342. The van der Waals surface area contributed by atoms with Gasteiger partial charge in [0.25, 0.3) is 0 Å². The smallest absolute Gasteiger partial charge is 0.150 e. The number of nitrogens with zero attached hydrogens (tertiary/aromatic N) is 1. The molecule has 0 amide bonds. The van der Waals surface area contributed by atoms with Crippen LogP contribution in [0.4, 0.5) is 0 Å². The molecule has 0 aromatic carbocycles. The highest BCUT2D eigenvalue weighted by molar-refractivity contribution is 7.91. The van der Waals surface area contributed by atoms with Crippen molar-refractivity contribution in [2.45, 2.75) is 38.6 Å². The second kappa shape index (κ2) is 6.35. The van der Waals surface area contributed by atoms with Gasteiger partial charge in [0.05, 0.1) is 11.5 Å². The molecule has 2 aliphatic rings. The van der Waals surface area contributed by atoms with E-state index < -0.39 is 9.84 Å². The zero-order valence-electron chi connectivity index (χ0n) is 11.4. The summed E-state index contributed by atoms with van der Waals surface area (Å²) in [5.74, 6) is 1.55. The first-order chi connectivity index (χ1) is 8.61. The third kappa shape index (κ3) is 3.93. The molecule has 2 heterocycles. The number of likely N-dealkylation sites (tertiary alicyclic amines) is 1. The van der Waals surface area contributed by atoms with Gasteiger partial charge in [-0.3, -0.25) is 4.90 Å². The molecule has 2 fully saturated rings. The number of sulfone groups is 1. The lowest BCUT2D eigenvalue weighted by atomic mass is 10.1. The normalized spacial score (nSPS) is 29.7. The summed E-state index contributed by atoms with van der Waals surface area (Å²) in [7, 11) is -2.72. The molecule has 1 unspecified atom stereocenters. The molecule has 0 saturated carbocycles. The number of hydrogen-bond donors (Lipinski definition) is 1. The lowest BCUT2D eigenvalue weighted by molar-refractivity contribution is 0.218. The Balaban J connectivity index is 1.72. The summed E-state index contributed by atoms with van der Waals surface area (Å²) in [4.78, 5) is 2.52. The van der Waals surface area contributed by atoms with Gasteiger partial charge in [0, 0.05) is 12.6 Å². The Morgan fingerprint density at radius 3 is 2.61 bits per heavy atom. The van der Waals surface area contributed by atoms with E-state index in [9.17, 15) is 8.42 Å². The van der Waals surface area contributed by atoms with Crippen molar-refractivity contribution in [2.24, 2.45) is 5.92 Å². The quantitative estimate of drug-likeness (QED) is 0.756. The van der Waals surface area contributed by atoms with Crippen LogP contribution in [0.3, 0.4) is 0 Å². The largest absolute Gasteiger partial charge is 0.316 e. The maximum absolute atomic E-state index is 11.4. The van der Waals surface area contributed by atoms with Gasteiger partial charge in [0.15, 0.2) is 0 Å². The molecule has 2 aliphatic heterocycles. The minimum absolute atomic E-state index is 0.396. The van der Waals surface area contributed by atoms with Crippen molar-refractivity contribution >= 4 is 9.84 Å². The molecule has 18 heavy (non-hydrogen) atoms. The van der Waals surface area contributed by atoms with E-state index in [0.717, 1.165) is 44.9 Å². The molecule has 0 radical (unpaired) electrons. The van der Waals surface area contributed by atoms with Gasteiger partial charge in [-0.1, -0.05) is 6.92 Å². The molecule has 4 nitrogen and oxygen atoms in total. The van der Waals surface area contributed by atoms with E-state index in [4.69, 9.17) is 0 Å². The molecule has 5 heteroatoms. The molecule has 0 aromatic heterocycles. The van der Waals surface area contributed by atoms with Crippen LogP contribution >= 0.6 is 0 Å². The van der Waals surface area contributed by atoms with Gasteiger partial charge in [-0.25, -0.2) is 8.42 Å². The summed E-state index contributed by atoms with van der Waals surface area (Å²) in [6.07, 6.45) is 4.14. The van der Waals surface area contributed by atoms with E-state index in [-0.39, 0.29) is 0 Å². The first-order valence-corrected chi connectivity index (χ1v) is 9.08. The first-order valence-electron chi connectivity index (χ1n) is 7.26. The Morgan fingerprint density at radius 2 is 1.94 bits per heavy atom.